The number of aromatic hydroxyl groups is 1. The maximum Gasteiger partial charge on any atom is 0.334 e. The van der Waals surface area contributed by atoms with E-state index in [1.807, 2.05) is 54.8 Å². The van der Waals surface area contributed by atoms with Crippen LogP contribution < -0.4 is 5.32 Å². The largest absolute Gasteiger partial charge is 0.508 e. The molecule has 4 amide bonds. The number of nitrogens with zero attached hydrogens (tertiary/aromatic N) is 7. The monoisotopic (exact) mass is 682 g/mol. The molecule has 3 atom stereocenters. The number of phenolic OH excluding ortho intramolecular Hbond substituents is 1. The van der Waals surface area contributed by atoms with Gasteiger partial charge in [0.05, 0.1) is 38.8 Å². The Morgan fingerprint density at radius 1 is 1.06 bits per heavy atom. The van der Waals surface area contributed by atoms with Crippen molar-refractivity contribution in [3.8, 4) is 5.75 Å². The van der Waals surface area contributed by atoms with Crippen LogP contribution in [0.4, 0.5) is 4.79 Å². The number of benzene rings is 2. The molecule has 1 aliphatic carbocycles. The molecule has 0 aromatic heterocycles. The van der Waals surface area contributed by atoms with Gasteiger partial charge in [-0.05, 0) is 34.9 Å². The molecular formula is C37H46N8O5. The van der Waals surface area contributed by atoms with Gasteiger partial charge in [0.25, 0.3) is 0 Å². The Morgan fingerprint density at radius 3 is 2.56 bits per heavy atom. The van der Waals surface area contributed by atoms with Crippen LogP contribution in [0, 0.1) is 5.92 Å². The molecule has 0 radical (unpaired) electrons. The number of hydrogen-bond donors (Lipinski definition) is 2. The molecule has 0 saturated carbocycles. The van der Waals surface area contributed by atoms with E-state index in [2.05, 4.69) is 15.2 Å². The topological polar surface area (TPSA) is 134 Å². The van der Waals surface area contributed by atoms with Gasteiger partial charge < -0.3 is 25.0 Å². The maximum atomic E-state index is 14.5. The van der Waals surface area contributed by atoms with Crippen molar-refractivity contribution in [2.45, 2.75) is 25.2 Å². The summed E-state index contributed by atoms with van der Waals surface area (Å²) in [7, 11) is 3.47. The van der Waals surface area contributed by atoms with Gasteiger partial charge in [0.1, 0.15) is 18.0 Å². The number of nitrogens with one attached hydrogen (secondary N) is 1. The van der Waals surface area contributed by atoms with Gasteiger partial charge in [-0.1, -0.05) is 54.6 Å². The number of morpholine rings is 1. The van der Waals surface area contributed by atoms with E-state index in [0.717, 1.165) is 55.3 Å². The molecular weight excluding hydrogens is 636 g/mol. The SMILES string of the molecule is CN=C1C=CC=C(CN2C[C@H]3N(C(=O)CN(C)N3C(=O)NCc3ccccc3)[C@@H](Cc3ccc(O)cc3)C2=O)C1C=NCCN1CCOCC1. The predicted molar refractivity (Wildman–Crippen MR) is 191 cm³/mol. The van der Waals surface area contributed by atoms with E-state index in [9.17, 15) is 19.5 Å². The second-order valence-corrected chi connectivity index (χ2v) is 12.9. The van der Waals surface area contributed by atoms with Crippen LogP contribution in [0.25, 0.3) is 0 Å². The quantitative estimate of drug-likeness (QED) is 0.366. The van der Waals surface area contributed by atoms with Crippen molar-refractivity contribution < 1.29 is 24.2 Å². The molecule has 0 spiro atoms. The number of ether oxygens (including phenoxy) is 1. The molecule has 6 rings (SSSR count). The molecule has 3 aliphatic heterocycles. The van der Waals surface area contributed by atoms with E-state index in [1.165, 1.54) is 0 Å². The number of amides is 4. The number of fused-ring (bicyclic) bond motifs is 1. The van der Waals surface area contributed by atoms with E-state index in [1.54, 1.807) is 58.2 Å². The third kappa shape index (κ3) is 8.12. The fourth-order valence-electron chi connectivity index (χ4n) is 6.99. The van der Waals surface area contributed by atoms with E-state index in [-0.39, 0.29) is 55.6 Å². The summed E-state index contributed by atoms with van der Waals surface area (Å²) in [6.07, 6.45) is 7.32. The Hall–Kier alpha value is -4.85. The molecule has 264 valence electrons. The zero-order chi connectivity index (χ0) is 35.0. The van der Waals surface area contributed by atoms with E-state index in [4.69, 9.17) is 9.73 Å². The summed E-state index contributed by atoms with van der Waals surface area (Å²) in [5.74, 6) is -0.544. The van der Waals surface area contributed by atoms with Crippen LogP contribution >= 0.6 is 0 Å². The molecule has 4 aliphatic rings. The third-order valence-electron chi connectivity index (χ3n) is 9.63. The number of hydrogen-bond acceptors (Lipinski definition) is 9. The third-order valence-corrected chi connectivity index (χ3v) is 9.63. The highest BCUT2D eigenvalue weighted by molar-refractivity contribution is 6.09. The highest BCUT2D eigenvalue weighted by atomic mass is 16.5. The second kappa shape index (κ2) is 16.2. The standard InChI is InChI=1S/C37H46N8O5/c1-38-32-10-6-9-29(31(32)23-39-15-16-42-17-19-50-20-18-42)24-43-25-34-44(33(36(43)48)21-27-11-13-30(46)14-12-27)35(47)26-41(2)45(34)37(49)40-22-28-7-4-3-5-8-28/h3-14,23,31,33-34,46H,15-22,24-26H2,1-2H3,(H,40,49)/t31?,33-,34-/m0/s1. The number of carbonyl (C=O) groups is 3. The van der Waals surface area contributed by atoms with Gasteiger partial charge in [-0.2, -0.15) is 0 Å². The number of piperazine rings is 1. The van der Waals surface area contributed by atoms with Crippen LogP contribution in [-0.2, 0) is 27.3 Å². The summed E-state index contributed by atoms with van der Waals surface area (Å²) in [5, 5.41) is 16.1. The summed E-state index contributed by atoms with van der Waals surface area (Å²) in [5.41, 5.74) is 3.53. The smallest absolute Gasteiger partial charge is 0.334 e. The second-order valence-electron chi connectivity index (χ2n) is 12.9. The number of phenols is 1. The van der Waals surface area contributed by atoms with Gasteiger partial charge in [0.2, 0.25) is 11.8 Å². The fourth-order valence-corrected chi connectivity index (χ4v) is 6.99. The highest BCUT2D eigenvalue weighted by Crippen LogP contribution is 2.30. The zero-order valence-electron chi connectivity index (χ0n) is 28.7. The van der Waals surface area contributed by atoms with Crippen LogP contribution in [0.5, 0.6) is 5.75 Å². The normalized spacial score (nSPS) is 24.2. The van der Waals surface area contributed by atoms with Crippen LogP contribution in [0.2, 0.25) is 0 Å². The average Bonchev–Trinajstić information content (AvgIpc) is 3.13. The maximum absolute atomic E-state index is 14.5. The molecule has 1 unspecified atom stereocenters. The number of rotatable bonds is 10. The lowest BCUT2D eigenvalue weighted by molar-refractivity contribution is -0.186. The molecule has 3 saturated heterocycles. The van der Waals surface area contributed by atoms with Crippen molar-refractivity contribution in [1.82, 2.24) is 30.0 Å². The zero-order valence-corrected chi connectivity index (χ0v) is 28.7. The first kappa shape index (κ1) is 35.0. The van der Waals surface area contributed by atoms with Gasteiger partial charge >= 0.3 is 6.03 Å². The molecule has 2 aromatic carbocycles. The minimum Gasteiger partial charge on any atom is -0.508 e. The number of allylic oxidation sites excluding steroid dienone is 3. The first-order chi connectivity index (χ1) is 24.3. The number of carbonyl (C=O) groups excluding carboxylic acids is 3. The van der Waals surface area contributed by atoms with E-state index in [0.29, 0.717) is 13.1 Å². The molecule has 50 heavy (non-hydrogen) atoms. The Labute approximate surface area is 293 Å². The molecule has 13 nitrogen and oxygen atoms in total. The first-order valence-corrected chi connectivity index (χ1v) is 17.2. The number of hydrazine groups is 1. The molecule has 13 heteroatoms. The Balaban J connectivity index is 1.26. The van der Waals surface area contributed by atoms with Gasteiger partial charge in [0.15, 0.2) is 0 Å². The van der Waals surface area contributed by atoms with Gasteiger partial charge in [0, 0.05) is 65.2 Å². The van der Waals surface area contributed by atoms with Gasteiger partial charge in [-0.3, -0.25) is 24.5 Å². The lowest BCUT2D eigenvalue weighted by Crippen LogP contribution is -2.76. The Morgan fingerprint density at radius 2 is 1.82 bits per heavy atom. The molecule has 3 fully saturated rings. The molecule has 2 N–H and O–H groups in total. The van der Waals surface area contributed by atoms with Crippen molar-refractivity contribution in [2.24, 2.45) is 15.9 Å². The summed E-state index contributed by atoms with van der Waals surface area (Å²) in [6, 6.07) is 15.1. The van der Waals surface area contributed by atoms with Gasteiger partial charge in [-0.25, -0.2) is 14.8 Å². The lowest BCUT2D eigenvalue weighted by Gasteiger charge is -2.54. The van der Waals surface area contributed by atoms with Crippen LogP contribution in [0.3, 0.4) is 0 Å². The summed E-state index contributed by atoms with van der Waals surface area (Å²) in [6.45, 7) is 5.41. The fraction of sp³-hybridized carbons (Fsp3) is 0.432. The number of urea groups is 1. The van der Waals surface area contributed by atoms with Crippen molar-refractivity contribution >= 4 is 29.8 Å². The molecule has 3 heterocycles. The highest BCUT2D eigenvalue weighted by Gasteiger charge is 2.51. The van der Waals surface area contributed by atoms with Gasteiger partial charge in [-0.15, -0.1) is 0 Å². The first-order valence-electron chi connectivity index (χ1n) is 17.2. The van der Waals surface area contributed by atoms with Crippen molar-refractivity contribution in [2.75, 3.05) is 73.1 Å². The van der Waals surface area contributed by atoms with E-state index < -0.39 is 12.2 Å². The Bertz CT molecular complexity index is 1640. The lowest BCUT2D eigenvalue weighted by atomic mass is 9.89. The molecule has 0 bridgehead atoms. The van der Waals surface area contributed by atoms with Crippen molar-refractivity contribution in [3.63, 3.8) is 0 Å². The van der Waals surface area contributed by atoms with Crippen LogP contribution in [-0.4, -0.2) is 145 Å². The number of aliphatic imine (C=N–C) groups is 2. The predicted octanol–water partition coefficient (Wildman–Crippen LogP) is 1.96. The summed E-state index contributed by atoms with van der Waals surface area (Å²) in [4.78, 5) is 57.0. The van der Waals surface area contributed by atoms with E-state index >= 15 is 0 Å². The minimum absolute atomic E-state index is 0.0517. The minimum atomic E-state index is -0.858. The number of likely N-dealkylation sites (N-methyl/N-ethyl adjacent to an activating group) is 1. The molecule has 2 aromatic rings. The van der Waals surface area contributed by atoms with Crippen LogP contribution in [0.1, 0.15) is 11.1 Å². The average molecular weight is 683 g/mol. The van der Waals surface area contributed by atoms with Crippen molar-refractivity contribution in [1.29, 1.82) is 0 Å². The van der Waals surface area contributed by atoms with Crippen LogP contribution in [0.15, 0.2) is 88.4 Å². The Kier molecular flexibility index (Phi) is 11.4. The summed E-state index contributed by atoms with van der Waals surface area (Å²) < 4.78 is 5.46. The van der Waals surface area contributed by atoms with Crippen molar-refractivity contribution in [3.05, 3.63) is 89.5 Å². The summed E-state index contributed by atoms with van der Waals surface area (Å²) >= 11 is 0.